The van der Waals surface area contributed by atoms with E-state index in [1.165, 1.54) is 100 Å². The minimum Gasteiger partial charge on any atom is -0.310 e. The topological polar surface area (TPSA) is 3.24 Å². The summed E-state index contributed by atoms with van der Waals surface area (Å²) in [7, 11) is 0. The van der Waals surface area contributed by atoms with Crippen LogP contribution in [0.5, 0.6) is 0 Å². The van der Waals surface area contributed by atoms with Gasteiger partial charge in [0.2, 0.25) is 0 Å². The van der Waals surface area contributed by atoms with Gasteiger partial charge >= 0.3 is 0 Å². The first-order chi connectivity index (χ1) is 29.8. The normalized spacial score (nSPS) is 14.2. The Morgan fingerprint density at radius 2 is 0.721 bits per heavy atom. The van der Waals surface area contributed by atoms with Crippen molar-refractivity contribution >= 4 is 17.1 Å². The molecule has 12 rings (SSSR count). The van der Waals surface area contributed by atoms with Crippen LogP contribution in [0.1, 0.15) is 58.4 Å². The number of rotatable bonds is 5. The summed E-state index contributed by atoms with van der Waals surface area (Å²) in [5.41, 5.74) is 26.6. The van der Waals surface area contributed by atoms with Crippen molar-refractivity contribution in [2.75, 3.05) is 4.90 Å². The van der Waals surface area contributed by atoms with Gasteiger partial charge in [-0.15, -0.1) is 0 Å². The first-order valence-corrected chi connectivity index (χ1v) is 21.6. The van der Waals surface area contributed by atoms with E-state index in [-0.39, 0.29) is 5.41 Å². The Morgan fingerprint density at radius 3 is 1.31 bits per heavy atom. The molecule has 0 fully saturated rings. The Bertz CT molecular complexity index is 3190. The summed E-state index contributed by atoms with van der Waals surface area (Å²) >= 11 is 0. The second kappa shape index (κ2) is 13.1. The highest BCUT2D eigenvalue weighted by Crippen LogP contribution is 2.63. The van der Waals surface area contributed by atoms with E-state index in [2.05, 4.69) is 233 Å². The van der Waals surface area contributed by atoms with Gasteiger partial charge in [0.1, 0.15) is 0 Å². The molecule has 3 aliphatic rings. The first-order valence-electron chi connectivity index (χ1n) is 21.6. The predicted molar refractivity (Wildman–Crippen MR) is 255 cm³/mol. The number of hydrogen-bond donors (Lipinski definition) is 0. The van der Waals surface area contributed by atoms with Crippen molar-refractivity contribution in [3.63, 3.8) is 0 Å². The molecule has 61 heavy (non-hydrogen) atoms. The fraction of sp³-hybridized carbons (Fsp3) is 0.100. The van der Waals surface area contributed by atoms with Crippen LogP contribution in [-0.4, -0.2) is 0 Å². The van der Waals surface area contributed by atoms with E-state index in [0.29, 0.717) is 0 Å². The molecule has 0 atom stereocenters. The second-order valence-corrected chi connectivity index (χ2v) is 17.7. The summed E-state index contributed by atoms with van der Waals surface area (Å²) in [5.74, 6) is 0. The predicted octanol–water partition coefficient (Wildman–Crippen LogP) is 15.8. The summed E-state index contributed by atoms with van der Waals surface area (Å²) in [4.78, 5) is 2.46. The van der Waals surface area contributed by atoms with Gasteiger partial charge in [-0.25, -0.2) is 0 Å². The summed E-state index contributed by atoms with van der Waals surface area (Å²) in [6.07, 6.45) is 0. The zero-order valence-electron chi connectivity index (χ0n) is 35.0. The number of aryl methyl sites for hydroxylation is 2. The van der Waals surface area contributed by atoms with Gasteiger partial charge in [0.05, 0.1) is 5.41 Å². The molecule has 0 N–H and O–H groups in total. The molecule has 0 heterocycles. The molecule has 3 aliphatic carbocycles. The van der Waals surface area contributed by atoms with Crippen LogP contribution in [0.4, 0.5) is 17.1 Å². The van der Waals surface area contributed by atoms with Gasteiger partial charge in [0.25, 0.3) is 0 Å². The molecular weight excluding hydrogens is 735 g/mol. The lowest BCUT2D eigenvalue weighted by Gasteiger charge is -2.32. The number of hydrogen-bond acceptors (Lipinski definition) is 1. The van der Waals surface area contributed by atoms with Crippen LogP contribution in [0, 0.1) is 13.8 Å². The highest BCUT2D eigenvalue weighted by atomic mass is 15.1. The van der Waals surface area contributed by atoms with Crippen molar-refractivity contribution in [2.24, 2.45) is 0 Å². The zero-order chi connectivity index (χ0) is 41.0. The van der Waals surface area contributed by atoms with Crippen LogP contribution in [0.2, 0.25) is 0 Å². The van der Waals surface area contributed by atoms with Crippen molar-refractivity contribution in [3.05, 3.63) is 245 Å². The third kappa shape index (κ3) is 5.01. The SMILES string of the molecule is Cc1ccccc1-c1ccc(N(c2ccc(-c3ccc4c(c3)-c3ccccc3C4(C)C)cc2)c2ccc3c(c2)C2(c4ccccc4-c4ccccc42)c2ccccc2-3)cc1C. The third-order valence-electron chi connectivity index (χ3n) is 14.2. The Balaban J connectivity index is 1.03. The number of benzene rings is 9. The molecule has 0 bridgehead atoms. The van der Waals surface area contributed by atoms with Crippen LogP contribution in [0.15, 0.2) is 200 Å². The average Bonchev–Trinajstić information content (AvgIpc) is 3.85. The minimum atomic E-state index is -0.421. The van der Waals surface area contributed by atoms with Gasteiger partial charge in [-0.1, -0.05) is 172 Å². The Labute approximate surface area is 359 Å². The van der Waals surface area contributed by atoms with Crippen molar-refractivity contribution < 1.29 is 0 Å². The van der Waals surface area contributed by atoms with E-state index in [4.69, 9.17) is 0 Å². The summed E-state index contributed by atoms with van der Waals surface area (Å²) in [5, 5.41) is 0. The van der Waals surface area contributed by atoms with E-state index in [0.717, 1.165) is 17.1 Å². The van der Waals surface area contributed by atoms with Crippen molar-refractivity contribution in [2.45, 2.75) is 38.5 Å². The molecule has 0 amide bonds. The van der Waals surface area contributed by atoms with Gasteiger partial charge in [0, 0.05) is 22.5 Å². The summed E-state index contributed by atoms with van der Waals surface area (Å²) in [6, 6.07) is 75.3. The second-order valence-electron chi connectivity index (χ2n) is 17.7. The molecule has 1 heteroatoms. The molecule has 290 valence electrons. The largest absolute Gasteiger partial charge is 0.310 e. The molecule has 1 nitrogen and oxygen atoms in total. The van der Waals surface area contributed by atoms with Gasteiger partial charge in [-0.2, -0.15) is 0 Å². The maximum Gasteiger partial charge on any atom is 0.0726 e. The van der Waals surface area contributed by atoms with Crippen LogP contribution >= 0.6 is 0 Å². The lowest BCUT2D eigenvalue weighted by molar-refractivity contribution is 0.660. The van der Waals surface area contributed by atoms with E-state index in [1.807, 2.05) is 0 Å². The molecule has 1 spiro atoms. The molecule has 0 saturated carbocycles. The monoisotopic (exact) mass is 779 g/mol. The highest BCUT2D eigenvalue weighted by Gasteiger charge is 2.51. The zero-order valence-corrected chi connectivity index (χ0v) is 35.0. The number of anilines is 3. The van der Waals surface area contributed by atoms with E-state index in [1.54, 1.807) is 0 Å². The Morgan fingerprint density at radius 1 is 0.295 bits per heavy atom. The third-order valence-corrected chi connectivity index (χ3v) is 14.2. The molecule has 0 saturated heterocycles. The smallest absolute Gasteiger partial charge is 0.0726 e. The van der Waals surface area contributed by atoms with Gasteiger partial charge in [-0.3, -0.25) is 0 Å². The van der Waals surface area contributed by atoms with Crippen molar-refractivity contribution in [3.8, 4) is 55.6 Å². The van der Waals surface area contributed by atoms with Crippen molar-refractivity contribution in [1.29, 1.82) is 0 Å². The maximum absolute atomic E-state index is 2.49. The van der Waals surface area contributed by atoms with Crippen LogP contribution < -0.4 is 4.90 Å². The quantitative estimate of drug-likeness (QED) is 0.168. The van der Waals surface area contributed by atoms with Crippen LogP contribution in [0.3, 0.4) is 0 Å². The van der Waals surface area contributed by atoms with Gasteiger partial charge in [-0.05, 0) is 156 Å². The fourth-order valence-corrected chi connectivity index (χ4v) is 11.3. The molecule has 9 aromatic rings. The van der Waals surface area contributed by atoms with Crippen molar-refractivity contribution in [1.82, 2.24) is 0 Å². The lowest BCUT2D eigenvalue weighted by atomic mass is 9.70. The number of nitrogens with zero attached hydrogens (tertiary/aromatic N) is 1. The molecule has 0 aliphatic heterocycles. The highest BCUT2D eigenvalue weighted by molar-refractivity contribution is 5.96. The lowest BCUT2D eigenvalue weighted by Crippen LogP contribution is -2.26. The minimum absolute atomic E-state index is 0.0137. The fourth-order valence-electron chi connectivity index (χ4n) is 11.3. The number of fused-ring (bicyclic) bond motifs is 13. The van der Waals surface area contributed by atoms with Gasteiger partial charge in [0.15, 0.2) is 0 Å². The van der Waals surface area contributed by atoms with E-state index < -0.39 is 5.41 Å². The molecule has 0 aromatic heterocycles. The molecular formula is C60H45N. The maximum atomic E-state index is 2.49. The van der Waals surface area contributed by atoms with Crippen LogP contribution in [0.25, 0.3) is 55.6 Å². The first kappa shape index (κ1) is 35.7. The molecule has 0 radical (unpaired) electrons. The average molecular weight is 780 g/mol. The van der Waals surface area contributed by atoms with E-state index in [9.17, 15) is 0 Å². The Kier molecular flexibility index (Phi) is 7.69. The standard InChI is InChI=1S/C60H45N/c1-38-15-5-6-16-45(38)46-32-30-43(35-39(46)2)61(42-28-25-40(26-29-42)41-27-34-54-52(36-41)50-20-7-11-21-53(50)59(54,3)4)44-31-33-51-49-19-10-14-24-57(49)60(58(51)37-44)55-22-12-8-17-47(55)48-18-9-13-23-56(48)60/h5-37H,1-4H3. The molecule has 0 unspecified atom stereocenters. The molecule has 9 aromatic carbocycles. The summed E-state index contributed by atoms with van der Waals surface area (Å²) in [6.45, 7) is 9.15. The van der Waals surface area contributed by atoms with Crippen LogP contribution in [-0.2, 0) is 10.8 Å². The van der Waals surface area contributed by atoms with E-state index >= 15 is 0 Å². The van der Waals surface area contributed by atoms with Gasteiger partial charge < -0.3 is 4.90 Å². The summed E-state index contributed by atoms with van der Waals surface area (Å²) < 4.78 is 0. The Hall–Kier alpha value is -7.22.